The number of ether oxygens (including phenoxy) is 2. The first-order valence-electron chi connectivity index (χ1n) is 28.7. The van der Waals surface area contributed by atoms with E-state index in [0.29, 0.717) is 79.3 Å². The van der Waals surface area contributed by atoms with Gasteiger partial charge >= 0.3 is 29.1 Å². The van der Waals surface area contributed by atoms with Gasteiger partial charge in [-0.2, -0.15) is 0 Å². The molecule has 4 fully saturated rings. The van der Waals surface area contributed by atoms with Crippen LogP contribution in [0.25, 0.3) is 32.7 Å². The van der Waals surface area contributed by atoms with Gasteiger partial charge < -0.3 is 36.6 Å². The smallest absolute Gasteiger partial charge is 0.465 e. The van der Waals surface area contributed by atoms with Crippen LogP contribution in [0.2, 0.25) is 0 Å². The van der Waals surface area contributed by atoms with Crippen molar-refractivity contribution in [1.82, 2.24) is 0 Å². The summed E-state index contributed by atoms with van der Waals surface area (Å²) in [7, 11) is -2.11. The Labute approximate surface area is 472 Å². The molecule has 0 bridgehead atoms. The summed E-state index contributed by atoms with van der Waals surface area (Å²) >= 11 is 0. The molecule has 80 heavy (non-hydrogen) atoms. The molecular weight excluding hydrogens is 1040 g/mol. The van der Waals surface area contributed by atoms with Crippen LogP contribution in [0.15, 0.2) is 158 Å². The first kappa shape index (κ1) is 53.5. The topological polar surface area (TPSA) is 108 Å². The van der Waals surface area contributed by atoms with Crippen LogP contribution < -0.4 is 27.1 Å². The number of hydrogen-bond acceptors (Lipinski definition) is 10. The highest BCUT2D eigenvalue weighted by Crippen LogP contribution is 2.58. The van der Waals surface area contributed by atoms with E-state index in [1.807, 2.05) is 97.1 Å². The Kier molecular flexibility index (Phi) is 16.5. The van der Waals surface area contributed by atoms with Crippen LogP contribution >= 0.6 is 17.2 Å². The number of carbonyl (C=O) groups excluding carboxylic acids is 2. The molecule has 0 heterocycles. The van der Waals surface area contributed by atoms with Gasteiger partial charge in [-0.05, 0) is 155 Å². The van der Waals surface area contributed by atoms with Gasteiger partial charge in [0.25, 0.3) is 0 Å². The normalized spacial score (nSPS) is 16.2. The summed E-state index contributed by atoms with van der Waals surface area (Å²) in [5.74, 6) is 2.80. The zero-order valence-corrected chi connectivity index (χ0v) is 47.4. The van der Waals surface area contributed by atoms with E-state index in [1.165, 1.54) is 14.2 Å². The number of rotatable bonds is 19. The van der Waals surface area contributed by atoms with Crippen LogP contribution in [-0.4, -0.2) is 26.2 Å². The van der Waals surface area contributed by atoms with Gasteiger partial charge in [-0.25, -0.2) is 9.59 Å². The Bertz CT molecular complexity index is 3150. The first-order valence-corrected chi connectivity index (χ1v) is 30.9. The van der Waals surface area contributed by atoms with E-state index in [0.717, 1.165) is 125 Å². The van der Waals surface area contributed by atoms with E-state index in [1.54, 1.807) is 12.1 Å². The predicted molar refractivity (Wildman–Crippen MR) is 318 cm³/mol. The zero-order chi connectivity index (χ0) is 54.4. The fraction of sp³-hybridized carbons (Fsp3) is 0.324. The third-order valence-electron chi connectivity index (χ3n) is 16.9. The van der Waals surface area contributed by atoms with Gasteiger partial charge in [0.15, 0.2) is 11.5 Å². The van der Waals surface area contributed by atoms with Crippen LogP contribution in [0.1, 0.15) is 169 Å². The fourth-order valence-corrected chi connectivity index (χ4v) is 15.2. The van der Waals surface area contributed by atoms with Crippen molar-refractivity contribution in [2.75, 3.05) is 14.2 Å². The molecule has 8 aromatic carbocycles. The Hall–Kier alpha value is -7.12. The lowest BCUT2D eigenvalue weighted by Crippen LogP contribution is -2.13. The molecule has 410 valence electrons. The highest BCUT2D eigenvalue weighted by Gasteiger charge is 2.37. The van der Waals surface area contributed by atoms with Crippen molar-refractivity contribution in [2.45, 2.75) is 126 Å². The summed E-state index contributed by atoms with van der Waals surface area (Å²) in [6.45, 7) is 0. The molecule has 4 aliphatic rings. The Morgan fingerprint density at radius 2 is 0.613 bits per heavy atom. The second kappa shape index (κ2) is 24.7. The molecule has 4 aliphatic carbocycles. The van der Waals surface area contributed by atoms with Gasteiger partial charge in [0.1, 0.15) is 34.1 Å². The maximum Gasteiger partial charge on any atom is 0.530 e. The third kappa shape index (κ3) is 11.3. The lowest BCUT2D eigenvalue weighted by molar-refractivity contribution is 0.0589. The summed E-state index contributed by atoms with van der Waals surface area (Å²) in [5.41, 5.74) is 5.49. The van der Waals surface area contributed by atoms with Crippen molar-refractivity contribution in [3.63, 3.8) is 0 Å². The minimum Gasteiger partial charge on any atom is -0.465 e. The predicted octanol–water partition coefficient (Wildman–Crippen LogP) is 19.4. The minimum absolute atomic E-state index is 0.123. The van der Waals surface area contributed by atoms with Crippen molar-refractivity contribution in [3.8, 4) is 45.6 Å². The van der Waals surface area contributed by atoms with E-state index < -0.39 is 29.1 Å². The molecule has 0 saturated heterocycles. The number of esters is 2. The lowest BCUT2D eigenvalue weighted by Gasteiger charge is -2.27. The average Bonchev–Trinajstić information content (AvgIpc) is 4.41. The number of hydrogen-bond donors (Lipinski definition) is 0. The average molecular weight is 1110 g/mol. The van der Waals surface area contributed by atoms with Crippen molar-refractivity contribution < 1.29 is 46.2 Å². The van der Waals surface area contributed by atoms with Crippen molar-refractivity contribution >= 4 is 50.7 Å². The number of carbonyl (C=O) groups is 2. The van der Waals surface area contributed by atoms with Gasteiger partial charge in [0.2, 0.25) is 0 Å². The van der Waals surface area contributed by atoms with Crippen LogP contribution in [0, 0.1) is 0 Å². The molecule has 4 saturated carbocycles. The molecule has 0 aromatic heterocycles. The minimum atomic E-state index is -2.42. The maximum absolute atomic E-state index is 14.7. The van der Waals surface area contributed by atoms with Crippen LogP contribution in [0.3, 0.4) is 0 Å². The summed E-state index contributed by atoms with van der Waals surface area (Å²) in [6.07, 6.45) is 17.5. The summed E-state index contributed by atoms with van der Waals surface area (Å²) in [5, 5.41) is 2.82. The quantitative estimate of drug-likeness (QED) is 0.0574. The van der Waals surface area contributed by atoms with Crippen molar-refractivity contribution in [2.24, 2.45) is 0 Å². The second-order valence-corrected chi connectivity index (χ2v) is 23.7. The molecule has 8 aromatic rings. The Morgan fingerprint density at radius 3 is 0.900 bits per heavy atom. The number of fused-ring (bicyclic) bond motifs is 2. The van der Waals surface area contributed by atoms with Crippen LogP contribution in [-0.2, 0) is 9.47 Å². The number of benzene rings is 8. The monoisotopic (exact) mass is 1110 g/mol. The largest absolute Gasteiger partial charge is 0.530 e. The summed E-state index contributed by atoms with van der Waals surface area (Å²) in [4.78, 5) is 29.5. The van der Waals surface area contributed by atoms with Crippen molar-refractivity contribution in [3.05, 3.63) is 191 Å². The highest BCUT2D eigenvalue weighted by molar-refractivity contribution is 7.43. The van der Waals surface area contributed by atoms with E-state index >= 15 is 0 Å². The van der Waals surface area contributed by atoms with Crippen molar-refractivity contribution in [1.29, 1.82) is 0 Å². The lowest BCUT2D eigenvalue weighted by atomic mass is 9.89. The number of methoxy groups -OCH3 is 2. The molecular formula is C68H68O10P2. The van der Waals surface area contributed by atoms with E-state index in [-0.39, 0.29) is 22.6 Å². The summed E-state index contributed by atoms with van der Waals surface area (Å²) in [6, 6.07) is 51.8. The van der Waals surface area contributed by atoms with E-state index in [4.69, 9.17) is 36.6 Å². The van der Waals surface area contributed by atoms with E-state index in [2.05, 4.69) is 48.5 Å². The van der Waals surface area contributed by atoms with Gasteiger partial charge in [0, 0.05) is 11.1 Å². The Morgan fingerprint density at radius 1 is 0.350 bits per heavy atom. The van der Waals surface area contributed by atoms with E-state index in [9.17, 15) is 9.59 Å². The molecule has 0 radical (unpaired) electrons. The molecule has 0 unspecified atom stereocenters. The first-order chi connectivity index (χ1) is 39.4. The van der Waals surface area contributed by atoms with Gasteiger partial charge in [-0.1, -0.05) is 173 Å². The SMILES string of the molecule is COC(=O)c1cc2ccccc2c(-c2c(OP(Oc3ccccc3C3CCCC3)Oc3ccccc3C3CCCC3)c(C(=O)OC)cc3ccccc23)c1OP(Oc1ccccc1C1CCCC1)Oc1ccccc1C1CCCC1. The maximum atomic E-state index is 14.7. The second-order valence-electron chi connectivity index (χ2n) is 21.8. The molecule has 12 heteroatoms. The Balaban J connectivity index is 1.09. The molecule has 0 aliphatic heterocycles. The summed E-state index contributed by atoms with van der Waals surface area (Å²) < 4.78 is 55.0. The molecule has 0 atom stereocenters. The molecule has 0 amide bonds. The third-order valence-corrected chi connectivity index (χ3v) is 19.0. The standard InChI is InChI=1S/C68H68O10P2/c1-71-67(69)57-43-49-31-11-13-37-55(49)63(65(57)77-79(73-59-39-19-15-33-51(59)45-23-3-4-24-45)74-60-40-20-16-34-52(60)46-25-5-6-26-46)64-56-38-14-12-32-50(56)44-58(68(70)72-2)66(64)78-80(75-61-41-21-17-35-53(61)47-27-7-8-28-47)76-62-42-22-18-36-54(62)48-29-9-10-30-48/h11-22,31-48H,3-10,23-30H2,1-2H3. The van der Waals surface area contributed by atoms with Gasteiger partial charge in [-0.3, -0.25) is 0 Å². The van der Waals surface area contributed by atoms with Gasteiger partial charge in [-0.15, -0.1) is 0 Å². The number of para-hydroxylation sites is 4. The zero-order valence-electron chi connectivity index (χ0n) is 45.6. The van der Waals surface area contributed by atoms with Gasteiger partial charge in [0.05, 0.1) is 14.2 Å². The van der Waals surface area contributed by atoms with Crippen LogP contribution in [0.5, 0.6) is 34.5 Å². The molecule has 0 spiro atoms. The molecule has 12 rings (SSSR count). The molecule has 0 N–H and O–H groups in total. The van der Waals surface area contributed by atoms with Crippen LogP contribution in [0.4, 0.5) is 0 Å². The highest BCUT2D eigenvalue weighted by atomic mass is 31.2. The molecule has 10 nitrogen and oxygen atoms in total. The fourth-order valence-electron chi connectivity index (χ4n) is 13.0.